The molecule has 1 aliphatic heterocycles. The quantitative estimate of drug-likeness (QED) is 0.803. The third kappa shape index (κ3) is 2.16. The summed E-state index contributed by atoms with van der Waals surface area (Å²) in [5.41, 5.74) is 7.29. The van der Waals surface area contributed by atoms with Crippen LogP contribution in [0.4, 0.5) is 5.82 Å². The molecule has 3 heteroatoms. The van der Waals surface area contributed by atoms with Gasteiger partial charge in [0, 0.05) is 25.3 Å². The van der Waals surface area contributed by atoms with E-state index in [1.54, 1.807) is 0 Å². The van der Waals surface area contributed by atoms with Gasteiger partial charge in [0.2, 0.25) is 0 Å². The zero-order valence-electron chi connectivity index (χ0n) is 10.5. The molecule has 2 aliphatic rings. The minimum Gasteiger partial charge on any atom is -0.356 e. The Balaban J connectivity index is 1.73. The monoisotopic (exact) mass is 231 g/mol. The van der Waals surface area contributed by atoms with Crippen molar-refractivity contribution in [2.75, 3.05) is 18.0 Å². The molecule has 17 heavy (non-hydrogen) atoms. The highest BCUT2D eigenvalue weighted by atomic mass is 15.2. The highest BCUT2D eigenvalue weighted by Crippen LogP contribution is 2.37. The zero-order chi connectivity index (χ0) is 11.8. The van der Waals surface area contributed by atoms with Crippen LogP contribution in [0.1, 0.15) is 24.8 Å². The largest absolute Gasteiger partial charge is 0.356 e. The van der Waals surface area contributed by atoms with Crippen molar-refractivity contribution in [3.63, 3.8) is 0 Å². The number of fused-ring (bicyclic) bond motifs is 1. The topological polar surface area (TPSA) is 42.1 Å². The Morgan fingerprint density at radius 2 is 2.06 bits per heavy atom. The Kier molecular flexibility index (Phi) is 2.79. The summed E-state index contributed by atoms with van der Waals surface area (Å²) in [5.74, 6) is 2.78. The highest BCUT2D eigenvalue weighted by Gasteiger charge is 2.37. The Bertz CT molecular complexity index is 387. The van der Waals surface area contributed by atoms with Crippen LogP contribution >= 0.6 is 0 Å². The van der Waals surface area contributed by atoms with Crippen LogP contribution < -0.4 is 10.6 Å². The van der Waals surface area contributed by atoms with Crippen LogP contribution in [-0.4, -0.2) is 24.1 Å². The van der Waals surface area contributed by atoms with Crippen LogP contribution in [0.25, 0.3) is 0 Å². The lowest BCUT2D eigenvalue weighted by Gasteiger charge is -2.27. The molecule has 3 rings (SSSR count). The predicted molar refractivity (Wildman–Crippen MR) is 70.0 cm³/mol. The first-order chi connectivity index (χ1) is 8.22. The highest BCUT2D eigenvalue weighted by molar-refractivity contribution is 5.40. The van der Waals surface area contributed by atoms with E-state index in [1.807, 2.05) is 6.20 Å². The molecule has 2 N–H and O–H groups in total. The van der Waals surface area contributed by atoms with E-state index in [-0.39, 0.29) is 0 Å². The average Bonchev–Trinajstić information content (AvgIpc) is 2.72. The molecule has 1 aliphatic carbocycles. The van der Waals surface area contributed by atoms with Gasteiger partial charge in [-0.2, -0.15) is 0 Å². The first-order valence-electron chi connectivity index (χ1n) is 6.65. The molecule has 1 saturated heterocycles. The molecule has 1 saturated carbocycles. The van der Waals surface area contributed by atoms with Gasteiger partial charge in [-0.05, 0) is 49.7 Å². The molecular weight excluding hydrogens is 210 g/mol. The van der Waals surface area contributed by atoms with E-state index < -0.39 is 0 Å². The molecule has 0 amide bonds. The summed E-state index contributed by atoms with van der Waals surface area (Å²) in [6.45, 7) is 4.40. The zero-order valence-corrected chi connectivity index (χ0v) is 10.5. The van der Waals surface area contributed by atoms with Crippen LogP contribution in [-0.2, 0) is 0 Å². The molecule has 92 valence electrons. The number of hydrogen-bond donors (Lipinski definition) is 1. The second-order valence-corrected chi connectivity index (χ2v) is 5.69. The molecule has 0 aromatic carbocycles. The van der Waals surface area contributed by atoms with Gasteiger partial charge in [-0.15, -0.1) is 0 Å². The summed E-state index contributed by atoms with van der Waals surface area (Å²) in [7, 11) is 0. The number of anilines is 1. The fourth-order valence-corrected chi connectivity index (χ4v) is 3.30. The van der Waals surface area contributed by atoms with Crippen molar-refractivity contribution in [1.29, 1.82) is 0 Å². The maximum atomic E-state index is 6.06. The summed E-state index contributed by atoms with van der Waals surface area (Å²) < 4.78 is 0. The van der Waals surface area contributed by atoms with Crippen molar-refractivity contribution in [3.05, 3.63) is 23.9 Å². The van der Waals surface area contributed by atoms with Gasteiger partial charge in [0.1, 0.15) is 5.82 Å². The standard InChI is InChI=1S/C14H21N3/c1-10-2-5-14(16-7-10)17-8-11-3-4-13(15)6-12(11)9-17/h2,5,7,11-13H,3-4,6,8-9,15H2,1H3/t11-,12+,13?/m1/s1. The molecular formula is C14H21N3. The van der Waals surface area contributed by atoms with Gasteiger partial charge in [0.05, 0.1) is 0 Å². The van der Waals surface area contributed by atoms with Crippen LogP contribution in [0.5, 0.6) is 0 Å². The lowest BCUT2D eigenvalue weighted by molar-refractivity contribution is 0.271. The van der Waals surface area contributed by atoms with Gasteiger partial charge in [-0.3, -0.25) is 0 Å². The molecule has 2 fully saturated rings. The van der Waals surface area contributed by atoms with Gasteiger partial charge in [-0.25, -0.2) is 4.98 Å². The molecule has 0 bridgehead atoms. The summed E-state index contributed by atoms with van der Waals surface area (Å²) >= 11 is 0. The van der Waals surface area contributed by atoms with Gasteiger partial charge >= 0.3 is 0 Å². The van der Waals surface area contributed by atoms with E-state index in [9.17, 15) is 0 Å². The van der Waals surface area contributed by atoms with Crippen molar-refractivity contribution in [2.24, 2.45) is 17.6 Å². The number of aryl methyl sites for hydroxylation is 1. The van der Waals surface area contributed by atoms with E-state index in [2.05, 4.69) is 28.9 Å². The lowest BCUT2D eigenvalue weighted by atomic mass is 9.79. The van der Waals surface area contributed by atoms with E-state index >= 15 is 0 Å². The van der Waals surface area contributed by atoms with Crippen molar-refractivity contribution in [3.8, 4) is 0 Å². The van der Waals surface area contributed by atoms with Crippen LogP contribution in [0, 0.1) is 18.8 Å². The molecule has 3 atom stereocenters. The Morgan fingerprint density at radius 1 is 1.24 bits per heavy atom. The van der Waals surface area contributed by atoms with E-state index in [1.165, 1.54) is 31.4 Å². The van der Waals surface area contributed by atoms with Gasteiger partial charge < -0.3 is 10.6 Å². The fraction of sp³-hybridized carbons (Fsp3) is 0.643. The minimum atomic E-state index is 0.433. The predicted octanol–water partition coefficient (Wildman–Crippen LogP) is 1.95. The van der Waals surface area contributed by atoms with E-state index in [0.717, 1.165) is 24.2 Å². The minimum absolute atomic E-state index is 0.433. The molecule has 1 aromatic heterocycles. The van der Waals surface area contributed by atoms with Gasteiger partial charge in [-0.1, -0.05) is 6.07 Å². The second kappa shape index (κ2) is 4.30. The smallest absolute Gasteiger partial charge is 0.128 e. The summed E-state index contributed by atoms with van der Waals surface area (Å²) in [5, 5.41) is 0. The first kappa shape index (κ1) is 11.0. The molecule has 1 aromatic rings. The second-order valence-electron chi connectivity index (χ2n) is 5.69. The molecule has 1 unspecified atom stereocenters. The molecule has 3 nitrogen and oxygen atoms in total. The van der Waals surface area contributed by atoms with Crippen LogP contribution in [0.15, 0.2) is 18.3 Å². The number of nitrogens with zero attached hydrogens (tertiary/aromatic N) is 2. The Labute approximate surface area is 103 Å². The van der Waals surface area contributed by atoms with E-state index in [0.29, 0.717) is 6.04 Å². The van der Waals surface area contributed by atoms with E-state index in [4.69, 9.17) is 5.73 Å². The third-order valence-corrected chi connectivity index (χ3v) is 4.31. The summed E-state index contributed by atoms with van der Waals surface area (Å²) in [6.07, 6.45) is 5.67. The maximum Gasteiger partial charge on any atom is 0.128 e. The molecule has 2 heterocycles. The number of aromatic nitrogens is 1. The normalized spacial score (nSPS) is 32.6. The first-order valence-corrected chi connectivity index (χ1v) is 6.65. The fourth-order valence-electron chi connectivity index (χ4n) is 3.30. The molecule has 0 spiro atoms. The summed E-state index contributed by atoms with van der Waals surface area (Å²) in [6, 6.07) is 4.73. The van der Waals surface area contributed by atoms with Crippen molar-refractivity contribution >= 4 is 5.82 Å². The van der Waals surface area contributed by atoms with Gasteiger partial charge in [0.15, 0.2) is 0 Å². The van der Waals surface area contributed by atoms with Gasteiger partial charge in [0.25, 0.3) is 0 Å². The number of hydrogen-bond acceptors (Lipinski definition) is 3. The Morgan fingerprint density at radius 3 is 2.82 bits per heavy atom. The third-order valence-electron chi connectivity index (χ3n) is 4.31. The number of nitrogens with two attached hydrogens (primary N) is 1. The van der Waals surface area contributed by atoms with Crippen LogP contribution in [0.2, 0.25) is 0 Å². The lowest BCUT2D eigenvalue weighted by Crippen LogP contribution is -2.32. The maximum absolute atomic E-state index is 6.06. The number of pyridine rings is 1. The molecule has 0 radical (unpaired) electrons. The van der Waals surface area contributed by atoms with Crippen molar-refractivity contribution < 1.29 is 0 Å². The van der Waals surface area contributed by atoms with Crippen molar-refractivity contribution in [1.82, 2.24) is 4.98 Å². The SMILES string of the molecule is Cc1ccc(N2C[C@H]3CCC(N)C[C@H]3C2)nc1. The number of rotatable bonds is 1. The summed E-state index contributed by atoms with van der Waals surface area (Å²) in [4.78, 5) is 6.97. The van der Waals surface area contributed by atoms with Crippen LogP contribution in [0.3, 0.4) is 0 Å². The average molecular weight is 231 g/mol. The van der Waals surface area contributed by atoms with Crippen molar-refractivity contribution in [2.45, 2.75) is 32.2 Å². The Hall–Kier alpha value is -1.09.